The third-order valence-corrected chi connectivity index (χ3v) is 6.48. The number of imidazole rings is 1. The Balaban J connectivity index is 1.60. The number of methoxy groups -OCH3 is 1. The Labute approximate surface area is 154 Å². The third kappa shape index (κ3) is 3.14. The fraction of sp³-hybridized carbons (Fsp3) is 0.0588. The first-order valence-corrected chi connectivity index (χ1v) is 9.99. The van der Waals surface area contributed by atoms with Crippen LogP contribution in [0.1, 0.15) is 0 Å². The maximum absolute atomic E-state index is 12.3. The maximum atomic E-state index is 12.3. The highest BCUT2D eigenvalue weighted by Crippen LogP contribution is 2.24. The van der Waals surface area contributed by atoms with E-state index in [-0.39, 0.29) is 4.21 Å². The summed E-state index contributed by atoms with van der Waals surface area (Å²) in [6.07, 6.45) is 1.79. The number of benzene rings is 1. The van der Waals surface area contributed by atoms with E-state index < -0.39 is 10.0 Å². The number of thiophene rings is 1. The first kappa shape index (κ1) is 16.6. The zero-order valence-corrected chi connectivity index (χ0v) is 15.3. The van der Waals surface area contributed by atoms with Crippen molar-refractivity contribution in [3.8, 4) is 17.1 Å². The molecule has 0 bridgehead atoms. The first-order valence-electron chi connectivity index (χ1n) is 7.62. The summed E-state index contributed by atoms with van der Waals surface area (Å²) < 4.78 is 34.1. The number of hydrogen-bond acceptors (Lipinski definition) is 6. The Morgan fingerprint density at radius 2 is 1.92 bits per heavy atom. The van der Waals surface area contributed by atoms with Crippen molar-refractivity contribution in [3.63, 3.8) is 0 Å². The van der Waals surface area contributed by atoms with Crippen molar-refractivity contribution in [2.24, 2.45) is 0 Å². The zero-order chi connectivity index (χ0) is 18.1. The molecule has 0 saturated carbocycles. The summed E-state index contributed by atoms with van der Waals surface area (Å²) in [5.74, 6) is 0.500. The van der Waals surface area contributed by atoms with Crippen LogP contribution < -0.4 is 9.46 Å². The van der Waals surface area contributed by atoms with Crippen LogP contribution in [0.2, 0.25) is 0 Å². The normalized spacial score (nSPS) is 11.6. The van der Waals surface area contributed by atoms with E-state index in [4.69, 9.17) is 4.74 Å². The van der Waals surface area contributed by atoms with E-state index in [0.717, 1.165) is 11.3 Å². The smallest absolute Gasteiger partial charge is 0.271 e. The lowest BCUT2D eigenvalue weighted by atomic mass is 10.1. The quantitative estimate of drug-likeness (QED) is 0.569. The fourth-order valence-corrected chi connectivity index (χ4v) is 4.49. The van der Waals surface area contributed by atoms with Gasteiger partial charge in [-0.1, -0.05) is 18.2 Å². The number of fused-ring (bicyclic) bond motifs is 1. The van der Waals surface area contributed by atoms with Gasteiger partial charge in [0.2, 0.25) is 5.88 Å². The van der Waals surface area contributed by atoms with Gasteiger partial charge in [-0.05, 0) is 29.6 Å². The molecule has 0 aliphatic rings. The van der Waals surface area contributed by atoms with Crippen molar-refractivity contribution >= 4 is 32.7 Å². The van der Waals surface area contributed by atoms with Crippen LogP contribution >= 0.6 is 11.3 Å². The Bertz CT molecular complexity index is 1150. The van der Waals surface area contributed by atoms with Gasteiger partial charge in [-0.3, -0.25) is 4.72 Å². The summed E-state index contributed by atoms with van der Waals surface area (Å²) in [6, 6.07) is 13.9. The number of nitrogens with one attached hydrogen (secondary N) is 1. The Hall–Kier alpha value is -2.91. The Morgan fingerprint density at radius 3 is 2.62 bits per heavy atom. The van der Waals surface area contributed by atoms with Crippen LogP contribution in [-0.2, 0) is 10.0 Å². The third-order valence-electron chi connectivity index (χ3n) is 3.70. The molecule has 3 aromatic heterocycles. The molecule has 4 rings (SSSR count). The van der Waals surface area contributed by atoms with Crippen molar-refractivity contribution in [1.82, 2.24) is 14.6 Å². The van der Waals surface area contributed by atoms with Crippen molar-refractivity contribution in [2.45, 2.75) is 4.21 Å². The van der Waals surface area contributed by atoms with Crippen molar-refractivity contribution < 1.29 is 13.2 Å². The molecule has 3 heterocycles. The molecule has 0 aliphatic heterocycles. The standard InChI is InChI=1S/C17H14N4O3S2/c1-24-16-9-8-15-18-14(11-21(15)19-16)12-4-6-13(7-5-12)20-26(22,23)17-3-2-10-25-17/h2-11,20H,1H3. The number of anilines is 1. The van der Waals surface area contributed by atoms with Crippen molar-refractivity contribution in [2.75, 3.05) is 11.8 Å². The molecule has 0 amide bonds. The molecular weight excluding hydrogens is 372 g/mol. The SMILES string of the molecule is COc1ccc2nc(-c3ccc(NS(=O)(=O)c4cccs4)cc3)cn2n1. The lowest BCUT2D eigenvalue weighted by Gasteiger charge is -2.06. The Morgan fingerprint density at radius 1 is 1.12 bits per heavy atom. The monoisotopic (exact) mass is 386 g/mol. The minimum Gasteiger partial charge on any atom is -0.480 e. The first-order chi connectivity index (χ1) is 12.5. The average molecular weight is 386 g/mol. The van der Waals surface area contributed by atoms with Crippen LogP contribution in [0.25, 0.3) is 16.9 Å². The van der Waals surface area contributed by atoms with Gasteiger partial charge in [0, 0.05) is 17.3 Å². The van der Waals surface area contributed by atoms with Gasteiger partial charge in [0.1, 0.15) is 4.21 Å². The molecule has 4 aromatic rings. The molecule has 9 heteroatoms. The molecule has 0 unspecified atom stereocenters. The number of rotatable bonds is 5. The van der Waals surface area contributed by atoms with Crippen molar-refractivity contribution in [3.05, 3.63) is 60.1 Å². The van der Waals surface area contributed by atoms with E-state index in [9.17, 15) is 8.42 Å². The highest BCUT2D eigenvalue weighted by Gasteiger charge is 2.15. The average Bonchev–Trinajstić information content (AvgIpc) is 3.31. The van der Waals surface area contributed by atoms with Gasteiger partial charge < -0.3 is 4.74 Å². The second-order valence-corrected chi connectivity index (χ2v) is 8.28. The van der Waals surface area contributed by atoms with E-state index in [2.05, 4.69) is 14.8 Å². The van der Waals surface area contributed by atoms with Gasteiger partial charge >= 0.3 is 0 Å². The molecule has 0 atom stereocenters. The van der Waals surface area contributed by atoms with Gasteiger partial charge in [0.05, 0.1) is 19.0 Å². The second kappa shape index (κ2) is 6.43. The number of hydrogen-bond donors (Lipinski definition) is 1. The molecule has 0 fully saturated rings. The van der Waals surface area contributed by atoms with Gasteiger partial charge in [-0.25, -0.2) is 17.9 Å². The van der Waals surface area contributed by atoms with Gasteiger partial charge in [0.25, 0.3) is 10.0 Å². The van der Waals surface area contributed by atoms with Crippen LogP contribution in [0, 0.1) is 0 Å². The zero-order valence-electron chi connectivity index (χ0n) is 13.7. The maximum Gasteiger partial charge on any atom is 0.271 e. The molecule has 26 heavy (non-hydrogen) atoms. The second-order valence-electron chi connectivity index (χ2n) is 5.42. The van der Waals surface area contributed by atoms with Gasteiger partial charge in [-0.15, -0.1) is 16.4 Å². The molecule has 0 saturated heterocycles. The summed E-state index contributed by atoms with van der Waals surface area (Å²) >= 11 is 1.17. The number of nitrogens with zero attached hydrogens (tertiary/aromatic N) is 3. The van der Waals surface area contributed by atoms with Crippen LogP contribution in [0.15, 0.2) is 64.3 Å². The molecule has 0 radical (unpaired) electrons. The molecule has 0 spiro atoms. The molecule has 132 valence electrons. The van der Waals surface area contributed by atoms with Crippen LogP contribution in [0.5, 0.6) is 5.88 Å². The van der Waals surface area contributed by atoms with Crippen LogP contribution in [0.3, 0.4) is 0 Å². The van der Waals surface area contributed by atoms with E-state index >= 15 is 0 Å². The number of ether oxygens (including phenoxy) is 1. The summed E-state index contributed by atoms with van der Waals surface area (Å²) in [7, 11) is -1.99. The predicted molar refractivity (Wildman–Crippen MR) is 100 cm³/mol. The van der Waals surface area contributed by atoms with Gasteiger partial charge in [-0.2, -0.15) is 0 Å². The van der Waals surface area contributed by atoms with E-state index in [1.54, 1.807) is 53.5 Å². The fourth-order valence-electron chi connectivity index (χ4n) is 2.44. The van der Waals surface area contributed by atoms with Gasteiger partial charge in [0.15, 0.2) is 5.65 Å². The molecule has 0 aliphatic carbocycles. The number of sulfonamides is 1. The van der Waals surface area contributed by atoms with E-state index in [1.165, 1.54) is 11.3 Å². The molecule has 7 nitrogen and oxygen atoms in total. The minimum absolute atomic E-state index is 0.280. The van der Waals surface area contributed by atoms with E-state index in [1.807, 2.05) is 18.2 Å². The molecule has 1 aromatic carbocycles. The van der Waals surface area contributed by atoms with Crippen LogP contribution in [-0.4, -0.2) is 30.1 Å². The topological polar surface area (TPSA) is 85.6 Å². The number of aromatic nitrogens is 3. The molecule has 1 N–H and O–H groups in total. The highest BCUT2D eigenvalue weighted by molar-refractivity contribution is 7.94. The minimum atomic E-state index is -3.55. The van der Waals surface area contributed by atoms with Crippen LogP contribution in [0.4, 0.5) is 5.69 Å². The summed E-state index contributed by atoms with van der Waals surface area (Å²) in [4.78, 5) is 4.51. The Kier molecular flexibility index (Phi) is 4.09. The van der Waals surface area contributed by atoms with Crippen molar-refractivity contribution in [1.29, 1.82) is 0 Å². The summed E-state index contributed by atoms with van der Waals surface area (Å²) in [5, 5.41) is 6.00. The lowest BCUT2D eigenvalue weighted by molar-refractivity contribution is 0.390. The highest BCUT2D eigenvalue weighted by atomic mass is 32.2. The molecular formula is C17H14N4O3S2. The summed E-state index contributed by atoms with van der Waals surface area (Å²) in [5.41, 5.74) is 2.78. The lowest BCUT2D eigenvalue weighted by Crippen LogP contribution is -2.11. The predicted octanol–water partition coefficient (Wildman–Crippen LogP) is 3.27. The van der Waals surface area contributed by atoms with E-state index in [0.29, 0.717) is 17.2 Å². The largest absolute Gasteiger partial charge is 0.480 e. The summed E-state index contributed by atoms with van der Waals surface area (Å²) in [6.45, 7) is 0.